The highest BCUT2D eigenvalue weighted by atomic mass is 35.5. The number of para-hydroxylation sites is 1. The molecule has 4 rings (SSSR count). The van der Waals surface area contributed by atoms with Crippen LogP contribution in [0.25, 0.3) is 10.2 Å². The molecule has 0 aliphatic carbocycles. The van der Waals surface area contributed by atoms with Gasteiger partial charge in [-0.25, -0.2) is 9.37 Å². The van der Waals surface area contributed by atoms with E-state index < -0.39 is 0 Å². The van der Waals surface area contributed by atoms with Crippen molar-refractivity contribution in [2.24, 2.45) is 0 Å². The van der Waals surface area contributed by atoms with Crippen LogP contribution in [0.1, 0.15) is 18.4 Å². The zero-order valence-electron chi connectivity index (χ0n) is 14.5. The molecule has 0 bridgehead atoms. The lowest BCUT2D eigenvalue weighted by molar-refractivity contribution is -0.118. The second-order valence-corrected chi connectivity index (χ2v) is 7.91. The number of thiazole rings is 1. The van der Waals surface area contributed by atoms with E-state index in [9.17, 15) is 9.18 Å². The van der Waals surface area contributed by atoms with Gasteiger partial charge in [-0.05, 0) is 36.6 Å². The van der Waals surface area contributed by atoms with Gasteiger partial charge in [0.05, 0.1) is 23.8 Å². The topological polar surface area (TPSA) is 42.4 Å². The number of ether oxygens (including phenoxy) is 1. The zero-order valence-corrected chi connectivity index (χ0v) is 16.1. The highest BCUT2D eigenvalue weighted by Crippen LogP contribution is 2.32. The molecule has 0 N–H and O–H groups in total. The minimum absolute atomic E-state index is 0.0305. The fourth-order valence-electron chi connectivity index (χ4n) is 3.20. The lowest BCUT2D eigenvalue weighted by Crippen LogP contribution is -2.38. The van der Waals surface area contributed by atoms with E-state index in [2.05, 4.69) is 4.98 Å². The third kappa shape index (κ3) is 3.98. The number of hydrogen-bond acceptors (Lipinski definition) is 4. The van der Waals surface area contributed by atoms with Gasteiger partial charge in [-0.1, -0.05) is 47.2 Å². The Morgan fingerprint density at radius 3 is 2.89 bits per heavy atom. The Bertz CT molecular complexity index is 972. The predicted octanol–water partition coefficient (Wildman–Crippen LogP) is 4.84. The average Bonchev–Trinajstić information content (AvgIpc) is 3.31. The van der Waals surface area contributed by atoms with Crippen molar-refractivity contribution in [1.82, 2.24) is 4.98 Å². The van der Waals surface area contributed by atoms with E-state index in [1.165, 1.54) is 17.4 Å². The minimum Gasteiger partial charge on any atom is -0.376 e. The first-order chi connectivity index (χ1) is 13.1. The van der Waals surface area contributed by atoms with Crippen LogP contribution in [0.15, 0.2) is 42.5 Å². The first-order valence-electron chi connectivity index (χ1n) is 8.82. The molecule has 7 heteroatoms. The summed E-state index contributed by atoms with van der Waals surface area (Å²) in [5.41, 5.74) is 1.05. The largest absolute Gasteiger partial charge is 0.376 e. The van der Waals surface area contributed by atoms with Crippen LogP contribution in [-0.2, 0) is 16.0 Å². The Morgan fingerprint density at radius 1 is 1.30 bits per heavy atom. The summed E-state index contributed by atoms with van der Waals surface area (Å²) >= 11 is 7.53. The number of hydrogen-bond donors (Lipinski definition) is 0. The first kappa shape index (κ1) is 18.3. The summed E-state index contributed by atoms with van der Waals surface area (Å²) in [6.07, 6.45) is 2.00. The number of rotatable bonds is 5. The van der Waals surface area contributed by atoms with E-state index in [1.54, 1.807) is 17.0 Å². The van der Waals surface area contributed by atoms with E-state index in [1.807, 2.05) is 24.3 Å². The molecule has 1 atom stereocenters. The number of amides is 1. The molecule has 4 nitrogen and oxygen atoms in total. The third-order valence-corrected chi connectivity index (χ3v) is 6.01. The molecule has 1 saturated heterocycles. The number of carbonyl (C=O) groups excluding carboxylic acids is 1. The van der Waals surface area contributed by atoms with Crippen LogP contribution in [0.2, 0.25) is 5.02 Å². The van der Waals surface area contributed by atoms with Crippen LogP contribution in [0.5, 0.6) is 0 Å². The molecule has 1 aliphatic heterocycles. The van der Waals surface area contributed by atoms with Crippen LogP contribution in [0.3, 0.4) is 0 Å². The van der Waals surface area contributed by atoms with Crippen molar-refractivity contribution in [2.75, 3.05) is 18.1 Å². The van der Waals surface area contributed by atoms with Crippen molar-refractivity contribution >= 4 is 44.2 Å². The number of nitrogens with zero attached hydrogens (tertiary/aromatic N) is 2. The molecule has 1 unspecified atom stereocenters. The molecule has 0 spiro atoms. The molecule has 0 radical (unpaired) electrons. The lowest BCUT2D eigenvalue weighted by atomic mass is 10.1. The van der Waals surface area contributed by atoms with Crippen molar-refractivity contribution in [3.63, 3.8) is 0 Å². The first-order valence-corrected chi connectivity index (χ1v) is 10.0. The summed E-state index contributed by atoms with van der Waals surface area (Å²) in [5.74, 6) is -0.510. The van der Waals surface area contributed by atoms with Crippen molar-refractivity contribution in [3.8, 4) is 0 Å². The molecule has 0 saturated carbocycles. The van der Waals surface area contributed by atoms with E-state index >= 15 is 0 Å². The lowest BCUT2D eigenvalue weighted by Gasteiger charge is -2.23. The molecule has 1 aliphatic rings. The number of benzene rings is 2. The molecule has 140 valence electrons. The van der Waals surface area contributed by atoms with Crippen LogP contribution < -0.4 is 4.90 Å². The van der Waals surface area contributed by atoms with Gasteiger partial charge >= 0.3 is 0 Å². The van der Waals surface area contributed by atoms with Crippen LogP contribution >= 0.6 is 22.9 Å². The standard InChI is InChI=1S/C20H18ClFN2O2S/c21-15-7-2-1-5-13(15)11-18(25)24(12-14-6-4-10-26-14)20-23-19-16(22)8-3-9-17(19)27-20/h1-3,5,7-9,14H,4,6,10-12H2. The predicted molar refractivity (Wildman–Crippen MR) is 106 cm³/mol. The highest BCUT2D eigenvalue weighted by Gasteiger charge is 2.27. The van der Waals surface area contributed by atoms with E-state index in [-0.39, 0.29) is 24.2 Å². The number of halogens is 2. The monoisotopic (exact) mass is 404 g/mol. The van der Waals surface area contributed by atoms with Gasteiger partial charge in [0.1, 0.15) is 11.3 Å². The quantitative estimate of drug-likeness (QED) is 0.610. The molecule has 1 amide bonds. The van der Waals surface area contributed by atoms with Crippen LogP contribution in [0, 0.1) is 5.82 Å². The Labute approximate surface area is 165 Å². The van der Waals surface area contributed by atoms with Gasteiger partial charge < -0.3 is 4.74 Å². The molecule has 27 heavy (non-hydrogen) atoms. The number of carbonyl (C=O) groups is 1. The summed E-state index contributed by atoms with van der Waals surface area (Å²) in [4.78, 5) is 19.1. The summed E-state index contributed by atoms with van der Waals surface area (Å²) < 4.78 is 20.5. The molecule has 2 heterocycles. The van der Waals surface area contributed by atoms with Gasteiger partial charge in [0.25, 0.3) is 0 Å². The van der Waals surface area contributed by atoms with Gasteiger partial charge in [0.2, 0.25) is 5.91 Å². The minimum atomic E-state index is -0.384. The van der Waals surface area contributed by atoms with E-state index in [4.69, 9.17) is 16.3 Å². The smallest absolute Gasteiger partial charge is 0.233 e. The van der Waals surface area contributed by atoms with Gasteiger partial charge in [0.15, 0.2) is 5.13 Å². The van der Waals surface area contributed by atoms with Gasteiger partial charge in [-0.15, -0.1) is 0 Å². The Balaban J connectivity index is 1.66. The molecule has 1 aromatic heterocycles. The maximum absolute atomic E-state index is 14.1. The average molecular weight is 405 g/mol. The van der Waals surface area contributed by atoms with Crippen LogP contribution in [0.4, 0.5) is 9.52 Å². The van der Waals surface area contributed by atoms with Crippen molar-refractivity contribution in [2.45, 2.75) is 25.4 Å². The summed E-state index contributed by atoms with van der Waals surface area (Å²) in [6.45, 7) is 1.11. The summed E-state index contributed by atoms with van der Waals surface area (Å²) in [6, 6.07) is 12.1. The summed E-state index contributed by atoms with van der Waals surface area (Å²) in [5, 5.41) is 1.04. The molecule has 1 fully saturated rings. The number of fused-ring (bicyclic) bond motifs is 1. The molecular weight excluding hydrogens is 387 g/mol. The number of anilines is 1. The second kappa shape index (κ2) is 7.92. The fraction of sp³-hybridized carbons (Fsp3) is 0.300. The van der Waals surface area contributed by atoms with Gasteiger partial charge in [-0.2, -0.15) is 0 Å². The van der Waals surface area contributed by atoms with Crippen LogP contribution in [-0.4, -0.2) is 30.1 Å². The number of aromatic nitrogens is 1. The second-order valence-electron chi connectivity index (χ2n) is 6.49. The third-order valence-electron chi connectivity index (χ3n) is 4.60. The van der Waals surface area contributed by atoms with E-state index in [0.717, 1.165) is 18.4 Å². The van der Waals surface area contributed by atoms with Crippen molar-refractivity contribution in [3.05, 3.63) is 58.9 Å². The SMILES string of the molecule is O=C(Cc1ccccc1Cl)N(CC1CCCO1)c1nc2c(F)cccc2s1. The zero-order chi connectivity index (χ0) is 18.8. The summed E-state index contributed by atoms with van der Waals surface area (Å²) in [7, 11) is 0. The maximum Gasteiger partial charge on any atom is 0.233 e. The fourth-order valence-corrected chi connectivity index (χ4v) is 4.41. The Hall–Kier alpha value is -2.02. The molecule has 3 aromatic rings. The van der Waals surface area contributed by atoms with Gasteiger partial charge in [-0.3, -0.25) is 9.69 Å². The molecular formula is C20H18ClFN2O2S. The van der Waals surface area contributed by atoms with E-state index in [0.29, 0.717) is 33.5 Å². The normalized spacial score (nSPS) is 16.7. The molecule has 2 aromatic carbocycles. The Morgan fingerprint density at radius 2 is 2.15 bits per heavy atom. The highest BCUT2D eigenvalue weighted by molar-refractivity contribution is 7.22. The maximum atomic E-state index is 14.1. The van der Waals surface area contributed by atoms with Crippen molar-refractivity contribution in [1.29, 1.82) is 0 Å². The van der Waals surface area contributed by atoms with Crippen molar-refractivity contribution < 1.29 is 13.9 Å². The van der Waals surface area contributed by atoms with Gasteiger partial charge in [0, 0.05) is 11.6 Å². The Kier molecular flexibility index (Phi) is 5.38.